The maximum absolute atomic E-state index is 12.0. The average Bonchev–Trinajstić information content (AvgIpc) is 3.22. The lowest BCUT2D eigenvalue weighted by molar-refractivity contribution is 0.103. The lowest BCUT2D eigenvalue weighted by Crippen LogP contribution is -2.01. The molecule has 4 heteroatoms. The lowest BCUT2D eigenvalue weighted by Gasteiger charge is -2.02. The highest BCUT2D eigenvalue weighted by atomic mass is 16.3. The van der Waals surface area contributed by atoms with Gasteiger partial charge in [0.15, 0.2) is 5.78 Å². The predicted octanol–water partition coefficient (Wildman–Crippen LogP) is 3.95. The van der Waals surface area contributed by atoms with Crippen molar-refractivity contribution in [2.75, 3.05) is 11.5 Å². The van der Waals surface area contributed by atoms with Gasteiger partial charge in [0, 0.05) is 22.5 Å². The number of hydrogen-bond acceptors (Lipinski definition) is 4. The third kappa shape index (κ3) is 3.49. The minimum Gasteiger partial charge on any atom is -0.457 e. The van der Waals surface area contributed by atoms with Gasteiger partial charge in [0.25, 0.3) is 0 Å². The molecule has 0 amide bonds. The van der Waals surface area contributed by atoms with Gasteiger partial charge in [0.2, 0.25) is 0 Å². The van der Waals surface area contributed by atoms with E-state index in [1.54, 1.807) is 48.5 Å². The van der Waals surface area contributed by atoms with Crippen molar-refractivity contribution in [2.24, 2.45) is 0 Å². The van der Waals surface area contributed by atoms with Crippen LogP contribution in [0.2, 0.25) is 0 Å². The number of benzene rings is 3. The molecule has 114 valence electrons. The molecule has 0 atom stereocenters. The highest BCUT2D eigenvalue weighted by Crippen LogP contribution is 2.14. The Balaban J connectivity index is 0.000000183. The van der Waals surface area contributed by atoms with E-state index in [4.69, 9.17) is 15.9 Å². The maximum atomic E-state index is 12.0. The molecule has 2 aromatic carbocycles. The second-order valence-corrected chi connectivity index (χ2v) is 5.15. The summed E-state index contributed by atoms with van der Waals surface area (Å²) in [5, 5.41) is 0. The Bertz CT molecular complexity index is 800. The van der Waals surface area contributed by atoms with E-state index in [1.807, 2.05) is 24.3 Å². The molecule has 0 fully saturated rings. The first-order chi connectivity index (χ1) is 11.1. The van der Waals surface area contributed by atoms with Gasteiger partial charge in [0.05, 0.1) is 0 Å². The second kappa shape index (κ2) is 6.23. The van der Waals surface area contributed by atoms with Crippen molar-refractivity contribution in [3.05, 3.63) is 83.9 Å². The number of rotatable bonds is 2. The minimum absolute atomic E-state index is 0.0278. The van der Waals surface area contributed by atoms with E-state index >= 15 is 0 Å². The zero-order valence-corrected chi connectivity index (χ0v) is 12.4. The standard InChI is InChI=1S/C13H12N2O.C6H4O/c14-11-5-1-9(2-6-11)13(16)10-3-7-12(15)8-4-10;1-2-6-4-3-5(1)7-6/h1-8H,14-15H2;1-4H. The number of fused-ring (bicyclic) bond motifs is 2. The van der Waals surface area contributed by atoms with E-state index in [0.29, 0.717) is 22.5 Å². The summed E-state index contributed by atoms with van der Waals surface area (Å²) in [5.74, 6) is -0.0278. The molecule has 0 unspecified atom stereocenters. The van der Waals surface area contributed by atoms with Crippen LogP contribution in [0.1, 0.15) is 15.9 Å². The third-order valence-corrected chi connectivity index (χ3v) is 3.41. The average molecular weight is 304 g/mol. The van der Waals surface area contributed by atoms with Gasteiger partial charge in [-0.05, 0) is 72.8 Å². The van der Waals surface area contributed by atoms with E-state index in [2.05, 4.69) is 0 Å². The molecule has 0 saturated carbocycles. The van der Waals surface area contributed by atoms with Gasteiger partial charge in [-0.15, -0.1) is 0 Å². The largest absolute Gasteiger partial charge is 0.457 e. The molecule has 0 aliphatic rings. The van der Waals surface area contributed by atoms with Crippen LogP contribution in [0, 0.1) is 0 Å². The quantitative estimate of drug-likeness (QED) is 0.434. The molecule has 2 heterocycles. The Morgan fingerprint density at radius 2 is 0.957 bits per heavy atom. The lowest BCUT2D eigenvalue weighted by atomic mass is 10.0. The summed E-state index contributed by atoms with van der Waals surface area (Å²) in [6.45, 7) is 0. The van der Waals surface area contributed by atoms with Crippen LogP contribution >= 0.6 is 0 Å². The van der Waals surface area contributed by atoms with Crippen LogP contribution in [-0.4, -0.2) is 5.78 Å². The number of carbonyl (C=O) groups is 1. The van der Waals surface area contributed by atoms with Crippen LogP contribution in [0.3, 0.4) is 0 Å². The molecule has 2 aromatic heterocycles. The molecule has 0 aliphatic heterocycles. The Labute approximate surface area is 133 Å². The summed E-state index contributed by atoms with van der Waals surface area (Å²) in [6, 6.07) is 21.5. The molecular formula is C19H16N2O2. The van der Waals surface area contributed by atoms with Gasteiger partial charge in [-0.2, -0.15) is 0 Å². The molecule has 0 saturated heterocycles. The number of hydrogen-bond donors (Lipinski definition) is 2. The van der Waals surface area contributed by atoms with E-state index in [-0.39, 0.29) is 5.78 Å². The molecule has 0 aliphatic carbocycles. The number of nitrogen functional groups attached to an aromatic ring is 2. The van der Waals surface area contributed by atoms with Crippen LogP contribution in [0.4, 0.5) is 11.4 Å². The van der Waals surface area contributed by atoms with E-state index in [0.717, 1.165) is 11.2 Å². The van der Waals surface area contributed by atoms with Crippen LogP contribution in [-0.2, 0) is 0 Å². The molecule has 4 aromatic rings. The molecule has 0 radical (unpaired) electrons. The number of ketones is 1. The highest BCUT2D eigenvalue weighted by Gasteiger charge is 2.07. The summed E-state index contributed by atoms with van der Waals surface area (Å²) < 4.78 is 5.08. The molecule has 4 rings (SSSR count). The molecular weight excluding hydrogens is 288 g/mol. The fourth-order valence-corrected chi connectivity index (χ4v) is 2.15. The second-order valence-electron chi connectivity index (χ2n) is 5.15. The van der Waals surface area contributed by atoms with Crippen molar-refractivity contribution in [3.63, 3.8) is 0 Å². The van der Waals surface area contributed by atoms with Crippen molar-refractivity contribution < 1.29 is 9.21 Å². The number of nitrogens with two attached hydrogens (primary N) is 2. The minimum atomic E-state index is -0.0278. The first kappa shape index (κ1) is 14.7. The number of furan rings is 2. The fraction of sp³-hybridized carbons (Fsp3) is 0. The van der Waals surface area contributed by atoms with E-state index < -0.39 is 0 Å². The summed E-state index contributed by atoms with van der Waals surface area (Å²) in [5.41, 5.74) is 15.6. The van der Waals surface area contributed by atoms with Crippen molar-refractivity contribution in [1.29, 1.82) is 0 Å². The Hall–Kier alpha value is -3.27. The van der Waals surface area contributed by atoms with Crippen molar-refractivity contribution in [2.45, 2.75) is 0 Å². The summed E-state index contributed by atoms with van der Waals surface area (Å²) in [6.07, 6.45) is 0. The van der Waals surface area contributed by atoms with Gasteiger partial charge < -0.3 is 15.9 Å². The first-order valence-electron chi connectivity index (χ1n) is 7.15. The van der Waals surface area contributed by atoms with Crippen molar-refractivity contribution in [3.8, 4) is 0 Å². The van der Waals surface area contributed by atoms with Gasteiger partial charge in [-0.3, -0.25) is 4.79 Å². The van der Waals surface area contributed by atoms with Crippen LogP contribution in [0.15, 0.2) is 77.2 Å². The first-order valence-corrected chi connectivity index (χ1v) is 7.15. The van der Waals surface area contributed by atoms with Crippen LogP contribution in [0.5, 0.6) is 0 Å². The monoisotopic (exact) mass is 304 g/mol. The smallest absolute Gasteiger partial charge is 0.193 e. The summed E-state index contributed by atoms with van der Waals surface area (Å²) >= 11 is 0. The summed E-state index contributed by atoms with van der Waals surface area (Å²) in [4.78, 5) is 12.0. The Morgan fingerprint density at radius 1 is 0.609 bits per heavy atom. The highest BCUT2D eigenvalue weighted by molar-refractivity contribution is 6.09. The van der Waals surface area contributed by atoms with Gasteiger partial charge in [-0.1, -0.05) is 0 Å². The topological polar surface area (TPSA) is 82.2 Å². The zero-order valence-electron chi connectivity index (χ0n) is 12.4. The Morgan fingerprint density at radius 3 is 1.22 bits per heavy atom. The number of anilines is 2. The fourth-order valence-electron chi connectivity index (χ4n) is 2.15. The van der Waals surface area contributed by atoms with Gasteiger partial charge >= 0.3 is 0 Å². The molecule has 4 N–H and O–H groups in total. The molecule has 2 bridgehead atoms. The van der Waals surface area contributed by atoms with Crippen molar-refractivity contribution in [1.82, 2.24) is 0 Å². The molecule has 4 nitrogen and oxygen atoms in total. The SMILES string of the molecule is Nc1ccc(C(=O)c2ccc(N)cc2)cc1.c1cc2ccc1o2. The third-order valence-electron chi connectivity index (χ3n) is 3.41. The normalized spacial score (nSPS) is 10.3. The number of carbonyl (C=O) groups excluding carboxylic acids is 1. The summed E-state index contributed by atoms with van der Waals surface area (Å²) in [7, 11) is 0. The Kier molecular flexibility index (Phi) is 3.97. The van der Waals surface area contributed by atoms with E-state index in [9.17, 15) is 4.79 Å². The molecule has 0 spiro atoms. The van der Waals surface area contributed by atoms with Gasteiger partial charge in [-0.25, -0.2) is 0 Å². The van der Waals surface area contributed by atoms with Crippen molar-refractivity contribution >= 4 is 28.3 Å². The zero-order chi connectivity index (χ0) is 16.2. The maximum Gasteiger partial charge on any atom is 0.193 e. The molecule has 23 heavy (non-hydrogen) atoms. The van der Waals surface area contributed by atoms with E-state index in [1.165, 1.54) is 0 Å². The van der Waals surface area contributed by atoms with Crippen LogP contribution in [0.25, 0.3) is 11.2 Å². The van der Waals surface area contributed by atoms with Crippen LogP contribution < -0.4 is 11.5 Å². The van der Waals surface area contributed by atoms with Gasteiger partial charge in [0.1, 0.15) is 11.2 Å². The predicted molar refractivity (Wildman–Crippen MR) is 92.5 cm³/mol.